The molecule has 3 N–H and O–H groups in total. The zero-order valence-corrected chi connectivity index (χ0v) is 12.8. The van der Waals surface area contributed by atoms with Gasteiger partial charge in [0.15, 0.2) is 11.4 Å². The van der Waals surface area contributed by atoms with E-state index in [9.17, 15) is 15.3 Å². The molecule has 2 heterocycles. The third kappa shape index (κ3) is 2.44. The Bertz CT molecular complexity index is 665. The van der Waals surface area contributed by atoms with Gasteiger partial charge in [0.2, 0.25) is 0 Å². The van der Waals surface area contributed by atoms with Crippen molar-refractivity contribution in [3.63, 3.8) is 0 Å². The zero-order chi connectivity index (χ0) is 15.1. The number of rotatable bonds is 3. The second-order valence-corrected chi connectivity index (χ2v) is 6.04. The maximum atomic E-state index is 10.2. The molecule has 21 heavy (non-hydrogen) atoms. The van der Waals surface area contributed by atoms with Crippen LogP contribution in [-0.2, 0) is 4.74 Å². The Morgan fingerprint density at radius 1 is 1.38 bits per heavy atom. The number of aromatic nitrogens is 2. The van der Waals surface area contributed by atoms with E-state index in [-0.39, 0.29) is 6.61 Å². The van der Waals surface area contributed by atoms with Crippen molar-refractivity contribution < 1.29 is 20.1 Å². The maximum Gasteiger partial charge on any atom is 0.170 e. The Morgan fingerprint density at radius 3 is 2.76 bits per heavy atom. The van der Waals surface area contributed by atoms with Crippen LogP contribution in [0.3, 0.4) is 0 Å². The quantitative estimate of drug-likeness (QED) is 0.728. The first-order valence-electron chi connectivity index (χ1n) is 6.40. The first kappa shape index (κ1) is 15.1. The number of hydrogen-bond donors (Lipinski definition) is 3. The van der Waals surface area contributed by atoms with Gasteiger partial charge in [0.1, 0.15) is 18.3 Å². The molecule has 1 fully saturated rings. The van der Waals surface area contributed by atoms with Crippen LogP contribution in [0.25, 0.3) is 11.0 Å². The number of halogens is 1. The summed E-state index contributed by atoms with van der Waals surface area (Å²) in [7, 11) is 0. The van der Waals surface area contributed by atoms with Gasteiger partial charge in [0, 0.05) is 5.02 Å². The first-order chi connectivity index (χ1) is 10.1. The second kappa shape index (κ2) is 5.75. The summed E-state index contributed by atoms with van der Waals surface area (Å²) in [4.78, 5) is 4.46. The molecule has 1 aromatic carbocycles. The summed E-state index contributed by atoms with van der Waals surface area (Å²) in [5.74, 6) is 0. The van der Waals surface area contributed by atoms with Gasteiger partial charge in [-0.25, -0.2) is 4.98 Å². The lowest BCUT2D eigenvalue weighted by Gasteiger charge is -2.19. The third-order valence-corrected chi connectivity index (χ3v) is 4.46. The number of aliphatic hydroxyl groups is 3. The van der Waals surface area contributed by atoms with E-state index in [0.717, 1.165) is 5.52 Å². The minimum absolute atomic E-state index is 0.364. The average molecular weight is 331 g/mol. The van der Waals surface area contributed by atoms with E-state index in [1.165, 1.54) is 11.8 Å². The minimum atomic E-state index is -1.15. The third-order valence-electron chi connectivity index (χ3n) is 3.57. The number of benzene rings is 1. The van der Waals surface area contributed by atoms with Crippen LogP contribution in [-0.4, -0.2) is 56.0 Å². The Morgan fingerprint density at radius 2 is 2.14 bits per heavy atom. The maximum absolute atomic E-state index is 10.2. The Labute approximate surface area is 130 Å². The molecular formula is C13H15ClN2O4S. The Kier molecular flexibility index (Phi) is 4.13. The van der Waals surface area contributed by atoms with Crippen LogP contribution in [0.2, 0.25) is 5.02 Å². The van der Waals surface area contributed by atoms with E-state index in [0.29, 0.717) is 15.7 Å². The molecule has 1 aliphatic rings. The van der Waals surface area contributed by atoms with E-state index >= 15 is 0 Å². The summed E-state index contributed by atoms with van der Waals surface area (Å²) in [6, 6.07) is 5.26. The number of thioether (sulfide) groups is 1. The molecule has 6 nitrogen and oxygen atoms in total. The molecule has 1 aromatic heterocycles. The van der Waals surface area contributed by atoms with E-state index in [4.69, 9.17) is 16.3 Å². The molecular weight excluding hydrogens is 316 g/mol. The summed E-state index contributed by atoms with van der Waals surface area (Å²) >= 11 is 7.43. The van der Waals surface area contributed by atoms with E-state index in [1.807, 2.05) is 6.26 Å². The minimum Gasteiger partial charge on any atom is -0.394 e. The molecule has 1 saturated heterocycles. The first-order valence-corrected chi connectivity index (χ1v) is 8.01. The van der Waals surface area contributed by atoms with Crippen LogP contribution in [0.1, 0.15) is 6.23 Å². The van der Waals surface area contributed by atoms with Gasteiger partial charge < -0.3 is 20.1 Å². The number of ether oxygens (including phenoxy) is 1. The predicted octanol–water partition coefficient (Wildman–Crippen LogP) is 1.02. The lowest BCUT2D eigenvalue weighted by molar-refractivity contribution is -0.0545. The van der Waals surface area contributed by atoms with Crippen LogP contribution < -0.4 is 0 Å². The molecule has 0 spiro atoms. The number of aliphatic hydroxyl groups excluding tert-OH is 3. The van der Waals surface area contributed by atoms with Gasteiger partial charge in [-0.3, -0.25) is 4.57 Å². The van der Waals surface area contributed by atoms with Crippen LogP contribution in [0.4, 0.5) is 0 Å². The normalized spacial score (nSPS) is 29.4. The molecule has 4 atom stereocenters. The van der Waals surface area contributed by atoms with Gasteiger partial charge in [-0.05, 0) is 24.5 Å². The van der Waals surface area contributed by atoms with Crippen LogP contribution in [0.15, 0.2) is 23.4 Å². The van der Waals surface area contributed by atoms with Gasteiger partial charge in [-0.2, -0.15) is 0 Å². The molecule has 0 radical (unpaired) electrons. The van der Waals surface area contributed by atoms with Crippen LogP contribution >= 0.6 is 23.4 Å². The van der Waals surface area contributed by atoms with Gasteiger partial charge in [-0.1, -0.05) is 23.4 Å². The number of hydrogen-bond acceptors (Lipinski definition) is 6. The van der Waals surface area contributed by atoms with Crippen molar-refractivity contribution in [1.29, 1.82) is 0 Å². The summed E-state index contributed by atoms with van der Waals surface area (Å²) < 4.78 is 7.29. The standard InChI is InChI=1S/C13H15ClN2O4S/c1-21-13-15-7-3-2-6(14)4-8(7)16(13)12-11(19)10(18)9(5-17)20-12/h2-4,9-12,17-19H,5H2,1H3/t9-,10-,11-,12-/m1/s1. The fourth-order valence-electron chi connectivity index (χ4n) is 2.53. The predicted molar refractivity (Wildman–Crippen MR) is 79.5 cm³/mol. The van der Waals surface area contributed by atoms with E-state index in [2.05, 4.69) is 4.98 Å². The summed E-state index contributed by atoms with van der Waals surface area (Å²) in [5.41, 5.74) is 1.43. The molecule has 2 aromatic rings. The fraction of sp³-hybridized carbons (Fsp3) is 0.462. The van der Waals surface area contributed by atoms with E-state index in [1.54, 1.807) is 22.8 Å². The molecule has 0 bridgehead atoms. The molecule has 0 amide bonds. The van der Waals surface area contributed by atoms with Gasteiger partial charge in [-0.15, -0.1) is 0 Å². The Hall–Kier alpha value is -0.830. The van der Waals surface area contributed by atoms with Crippen molar-refractivity contribution in [3.05, 3.63) is 23.2 Å². The van der Waals surface area contributed by atoms with E-state index < -0.39 is 24.5 Å². The monoisotopic (exact) mass is 330 g/mol. The van der Waals surface area contributed by atoms with Crippen LogP contribution in [0, 0.1) is 0 Å². The van der Waals surface area contributed by atoms with Gasteiger partial charge >= 0.3 is 0 Å². The lowest BCUT2D eigenvalue weighted by atomic mass is 10.1. The van der Waals surface area contributed by atoms with Crippen LogP contribution in [0.5, 0.6) is 0 Å². The molecule has 0 unspecified atom stereocenters. The Balaban J connectivity index is 2.13. The van der Waals surface area contributed by atoms with Crippen molar-refractivity contribution in [2.24, 2.45) is 0 Å². The number of fused-ring (bicyclic) bond motifs is 1. The topological polar surface area (TPSA) is 87.7 Å². The molecule has 114 valence electrons. The van der Waals surface area contributed by atoms with Crippen molar-refractivity contribution >= 4 is 34.4 Å². The van der Waals surface area contributed by atoms with Gasteiger partial charge in [0.25, 0.3) is 0 Å². The second-order valence-electron chi connectivity index (χ2n) is 4.83. The SMILES string of the molecule is CSc1nc2ccc(Cl)cc2n1[C@@H]1O[C@H](CO)[C@@H](O)[C@H]1O. The summed E-state index contributed by atoms with van der Waals surface area (Å²) in [6.07, 6.45) is -2.07. The number of imidazole rings is 1. The lowest BCUT2D eigenvalue weighted by Crippen LogP contribution is -2.33. The van der Waals surface area contributed by atoms with Crippen molar-refractivity contribution in [3.8, 4) is 0 Å². The molecule has 0 saturated carbocycles. The smallest absolute Gasteiger partial charge is 0.170 e. The molecule has 3 rings (SSSR count). The van der Waals surface area contributed by atoms with Crippen molar-refractivity contribution in [2.45, 2.75) is 29.7 Å². The molecule has 8 heteroatoms. The molecule has 1 aliphatic heterocycles. The van der Waals surface area contributed by atoms with Crippen molar-refractivity contribution in [1.82, 2.24) is 9.55 Å². The highest BCUT2D eigenvalue weighted by Crippen LogP contribution is 2.36. The van der Waals surface area contributed by atoms with Crippen molar-refractivity contribution in [2.75, 3.05) is 12.9 Å². The number of nitrogens with zero attached hydrogens (tertiary/aromatic N) is 2. The summed E-state index contributed by atoms with van der Waals surface area (Å²) in [6.45, 7) is -0.364. The zero-order valence-electron chi connectivity index (χ0n) is 11.2. The summed E-state index contributed by atoms with van der Waals surface area (Å²) in [5, 5.41) is 30.5. The fourth-order valence-corrected chi connectivity index (χ4v) is 3.28. The van der Waals surface area contributed by atoms with Gasteiger partial charge in [0.05, 0.1) is 17.6 Å². The highest BCUT2D eigenvalue weighted by molar-refractivity contribution is 7.98. The average Bonchev–Trinajstić information content (AvgIpc) is 2.97. The largest absolute Gasteiger partial charge is 0.394 e. The molecule has 0 aliphatic carbocycles. The highest BCUT2D eigenvalue weighted by Gasteiger charge is 2.44. The highest BCUT2D eigenvalue weighted by atomic mass is 35.5.